The first-order valence-electron chi connectivity index (χ1n) is 8.62. The molecule has 0 aromatic rings. The Morgan fingerprint density at radius 3 is 1.29 bits per heavy atom. The number of nitrogens with zero attached hydrogens (tertiary/aromatic N) is 2. The Bertz CT molecular complexity index is 219. The molecule has 0 aromatic carbocycles. The average Bonchev–Trinajstić information content (AvgIpc) is 2.44. The summed E-state index contributed by atoms with van der Waals surface area (Å²) in [6.07, 6.45) is 3.51. The van der Waals surface area contributed by atoms with Crippen LogP contribution in [0.2, 0.25) is 0 Å². The maximum atomic E-state index is 5.70. The Kier molecular flexibility index (Phi) is 11.3. The Morgan fingerprint density at radius 1 is 0.571 bits per heavy atom. The SMILES string of the molecule is CC[N+](C)(C)CCOCCCCCOCC[N+](C)(C)CC. The Labute approximate surface area is 133 Å². The summed E-state index contributed by atoms with van der Waals surface area (Å²) in [4.78, 5) is 0. The lowest BCUT2D eigenvalue weighted by molar-refractivity contribution is -0.888. The monoisotopic (exact) mass is 304 g/mol. The average molecular weight is 305 g/mol. The van der Waals surface area contributed by atoms with Gasteiger partial charge in [-0.25, -0.2) is 0 Å². The lowest BCUT2D eigenvalue weighted by atomic mass is 10.2. The fraction of sp³-hybridized carbons (Fsp3) is 1.00. The summed E-state index contributed by atoms with van der Waals surface area (Å²) in [7, 11) is 9.00. The summed E-state index contributed by atoms with van der Waals surface area (Å²) >= 11 is 0. The van der Waals surface area contributed by atoms with Crippen molar-refractivity contribution < 1.29 is 18.4 Å². The highest BCUT2D eigenvalue weighted by Gasteiger charge is 2.11. The fourth-order valence-corrected chi connectivity index (χ4v) is 1.73. The minimum absolute atomic E-state index is 0.876. The van der Waals surface area contributed by atoms with Gasteiger partial charge in [-0.3, -0.25) is 0 Å². The van der Waals surface area contributed by atoms with Gasteiger partial charge in [0.2, 0.25) is 0 Å². The van der Waals surface area contributed by atoms with E-state index in [9.17, 15) is 0 Å². The molecule has 0 aromatic heterocycles. The minimum atomic E-state index is 0.876. The standard InChI is InChI=1S/C17H40N2O2/c1-7-18(3,4)12-16-20-14-10-9-11-15-21-17-13-19(5,6)8-2/h7-17H2,1-6H3/q+2. The van der Waals surface area contributed by atoms with E-state index in [1.165, 1.54) is 6.42 Å². The Hall–Kier alpha value is -0.160. The number of unbranched alkanes of at least 4 members (excludes halogenated alkanes) is 2. The van der Waals surface area contributed by atoms with Gasteiger partial charge in [0.15, 0.2) is 0 Å². The van der Waals surface area contributed by atoms with Crippen LogP contribution in [-0.4, -0.2) is 89.8 Å². The molecule has 0 atom stereocenters. The second kappa shape index (κ2) is 11.4. The van der Waals surface area contributed by atoms with Crippen molar-refractivity contribution in [2.24, 2.45) is 0 Å². The van der Waals surface area contributed by atoms with Crippen molar-refractivity contribution >= 4 is 0 Å². The number of rotatable bonds is 14. The number of quaternary nitrogens is 2. The van der Waals surface area contributed by atoms with E-state index in [1.54, 1.807) is 0 Å². The van der Waals surface area contributed by atoms with Gasteiger partial charge >= 0.3 is 0 Å². The summed E-state index contributed by atoms with van der Waals surface area (Å²) in [5, 5.41) is 0. The minimum Gasteiger partial charge on any atom is -0.376 e. The Balaban J connectivity index is 3.23. The van der Waals surface area contributed by atoms with Crippen LogP contribution in [0, 0.1) is 0 Å². The molecule has 0 spiro atoms. The molecule has 0 saturated heterocycles. The smallest absolute Gasteiger partial charge is 0.102 e. The van der Waals surface area contributed by atoms with E-state index >= 15 is 0 Å². The Morgan fingerprint density at radius 2 is 0.952 bits per heavy atom. The molecule has 128 valence electrons. The van der Waals surface area contributed by atoms with E-state index < -0.39 is 0 Å². The third kappa shape index (κ3) is 13.2. The van der Waals surface area contributed by atoms with E-state index in [0.717, 1.165) is 74.4 Å². The molecule has 0 aliphatic carbocycles. The number of hydrogen-bond donors (Lipinski definition) is 0. The largest absolute Gasteiger partial charge is 0.376 e. The normalized spacial score (nSPS) is 12.9. The second-order valence-electron chi connectivity index (χ2n) is 7.24. The highest BCUT2D eigenvalue weighted by Crippen LogP contribution is 2.00. The maximum absolute atomic E-state index is 5.70. The third-order valence-electron chi connectivity index (χ3n) is 4.47. The molecule has 21 heavy (non-hydrogen) atoms. The molecule has 0 N–H and O–H groups in total. The number of ether oxygens (including phenoxy) is 2. The van der Waals surface area contributed by atoms with Gasteiger partial charge in [-0.15, -0.1) is 0 Å². The van der Waals surface area contributed by atoms with Gasteiger partial charge in [0, 0.05) is 13.2 Å². The number of likely N-dealkylation sites (N-methyl/N-ethyl adjacent to an activating group) is 2. The van der Waals surface area contributed by atoms with Crippen LogP contribution in [0.5, 0.6) is 0 Å². The van der Waals surface area contributed by atoms with Crippen LogP contribution < -0.4 is 0 Å². The van der Waals surface area contributed by atoms with E-state index in [0.29, 0.717) is 0 Å². The zero-order chi connectivity index (χ0) is 16.2. The fourth-order valence-electron chi connectivity index (χ4n) is 1.73. The predicted octanol–water partition coefficient (Wildman–Crippen LogP) is 2.38. The van der Waals surface area contributed by atoms with E-state index in [2.05, 4.69) is 42.0 Å². The summed E-state index contributed by atoms with van der Waals surface area (Å²) in [5.74, 6) is 0. The molecule has 0 heterocycles. The zero-order valence-electron chi connectivity index (χ0n) is 15.5. The molecule has 0 aliphatic rings. The maximum Gasteiger partial charge on any atom is 0.102 e. The molecule has 0 aliphatic heterocycles. The van der Waals surface area contributed by atoms with Gasteiger partial charge in [0.05, 0.1) is 54.5 Å². The van der Waals surface area contributed by atoms with Gasteiger partial charge in [-0.05, 0) is 33.1 Å². The van der Waals surface area contributed by atoms with Crippen molar-refractivity contribution in [3.05, 3.63) is 0 Å². The predicted molar refractivity (Wildman–Crippen MR) is 90.5 cm³/mol. The molecule has 0 rings (SSSR count). The molecule has 0 fully saturated rings. The highest BCUT2D eigenvalue weighted by molar-refractivity contribution is 4.42. The summed E-state index contributed by atoms with van der Waals surface area (Å²) in [5.41, 5.74) is 0. The lowest BCUT2D eigenvalue weighted by Gasteiger charge is -2.27. The van der Waals surface area contributed by atoms with Crippen LogP contribution in [0.25, 0.3) is 0 Å². The topological polar surface area (TPSA) is 18.5 Å². The molecule has 0 radical (unpaired) electrons. The van der Waals surface area contributed by atoms with Crippen LogP contribution in [0.4, 0.5) is 0 Å². The molecule has 4 heteroatoms. The zero-order valence-corrected chi connectivity index (χ0v) is 15.5. The van der Waals surface area contributed by atoms with Crippen LogP contribution in [0.15, 0.2) is 0 Å². The van der Waals surface area contributed by atoms with Gasteiger partial charge in [0.1, 0.15) is 13.1 Å². The van der Waals surface area contributed by atoms with Gasteiger partial charge in [0.25, 0.3) is 0 Å². The highest BCUT2D eigenvalue weighted by atomic mass is 16.5. The van der Waals surface area contributed by atoms with Crippen LogP contribution in [-0.2, 0) is 9.47 Å². The molecule has 0 amide bonds. The number of hydrogen-bond acceptors (Lipinski definition) is 2. The van der Waals surface area contributed by atoms with Gasteiger partial charge in [-0.2, -0.15) is 0 Å². The van der Waals surface area contributed by atoms with Gasteiger partial charge < -0.3 is 18.4 Å². The first kappa shape index (κ1) is 20.8. The summed E-state index contributed by atoms with van der Waals surface area (Å²) < 4.78 is 13.5. The second-order valence-corrected chi connectivity index (χ2v) is 7.24. The molecular weight excluding hydrogens is 264 g/mol. The molecular formula is C17H40N2O2+2. The van der Waals surface area contributed by atoms with Crippen LogP contribution in [0.3, 0.4) is 0 Å². The summed E-state index contributed by atoms with van der Waals surface area (Å²) in [6, 6.07) is 0. The van der Waals surface area contributed by atoms with Crippen molar-refractivity contribution in [3.63, 3.8) is 0 Å². The van der Waals surface area contributed by atoms with Crippen molar-refractivity contribution in [3.8, 4) is 0 Å². The molecule has 0 saturated carbocycles. The van der Waals surface area contributed by atoms with Gasteiger partial charge in [-0.1, -0.05) is 0 Å². The van der Waals surface area contributed by atoms with E-state index in [-0.39, 0.29) is 0 Å². The van der Waals surface area contributed by atoms with Crippen molar-refractivity contribution in [2.45, 2.75) is 33.1 Å². The first-order chi connectivity index (χ1) is 9.83. The van der Waals surface area contributed by atoms with Crippen molar-refractivity contribution in [1.82, 2.24) is 0 Å². The summed E-state index contributed by atoms with van der Waals surface area (Å²) in [6.45, 7) is 12.5. The molecule has 0 unspecified atom stereocenters. The van der Waals surface area contributed by atoms with Crippen molar-refractivity contribution in [2.75, 3.05) is 80.8 Å². The van der Waals surface area contributed by atoms with Crippen LogP contribution >= 0.6 is 0 Å². The lowest BCUT2D eigenvalue weighted by Crippen LogP contribution is -2.41. The quantitative estimate of drug-likeness (QED) is 0.362. The van der Waals surface area contributed by atoms with Crippen LogP contribution in [0.1, 0.15) is 33.1 Å². The molecule has 4 nitrogen and oxygen atoms in total. The molecule has 0 bridgehead atoms. The van der Waals surface area contributed by atoms with E-state index in [4.69, 9.17) is 9.47 Å². The van der Waals surface area contributed by atoms with E-state index in [1.807, 2.05) is 0 Å². The third-order valence-corrected chi connectivity index (χ3v) is 4.47. The first-order valence-corrected chi connectivity index (χ1v) is 8.62. The van der Waals surface area contributed by atoms with Crippen molar-refractivity contribution in [1.29, 1.82) is 0 Å².